The van der Waals surface area contributed by atoms with E-state index in [2.05, 4.69) is 29.3 Å². The first-order chi connectivity index (χ1) is 7.13. The Labute approximate surface area is 89.2 Å². The zero-order chi connectivity index (χ0) is 10.9. The zero-order valence-electron chi connectivity index (χ0n) is 9.41. The Hall–Kier alpha value is -1.10. The fourth-order valence-corrected chi connectivity index (χ4v) is 1.62. The fraction of sp³-hybridized carbons (Fsp3) is 0.800. The van der Waals surface area contributed by atoms with E-state index in [0.29, 0.717) is 30.5 Å². The highest BCUT2D eigenvalue weighted by Gasteiger charge is 2.49. The molecule has 2 rings (SSSR count). The number of rotatable bonds is 5. The highest BCUT2D eigenvalue weighted by atomic mass is 16.5. The van der Waals surface area contributed by atoms with Gasteiger partial charge in [-0.05, 0) is 11.8 Å². The molecule has 5 heteroatoms. The minimum atomic E-state index is 0.341. The van der Waals surface area contributed by atoms with Gasteiger partial charge in [-0.3, -0.25) is 0 Å². The van der Waals surface area contributed by atoms with Gasteiger partial charge in [0, 0.05) is 19.6 Å². The van der Waals surface area contributed by atoms with Crippen molar-refractivity contribution in [2.24, 2.45) is 5.41 Å². The highest BCUT2D eigenvalue weighted by molar-refractivity contribution is 5.23. The molecule has 1 aromatic heterocycles. The van der Waals surface area contributed by atoms with Gasteiger partial charge in [0.2, 0.25) is 0 Å². The maximum absolute atomic E-state index is 5.08. The van der Waals surface area contributed by atoms with E-state index in [-0.39, 0.29) is 0 Å². The largest absolute Gasteiger partial charge is 0.383 e. The van der Waals surface area contributed by atoms with Crippen LogP contribution in [-0.2, 0) is 4.74 Å². The SMILES string of the molecule is COCCNc1nc(C2CC2(C)C)no1. The van der Waals surface area contributed by atoms with E-state index in [1.807, 2.05) is 0 Å². The predicted octanol–water partition coefficient (Wildman–Crippen LogP) is 1.64. The van der Waals surface area contributed by atoms with Crippen LogP contribution in [0.1, 0.15) is 32.0 Å². The maximum Gasteiger partial charge on any atom is 0.321 e. The third-order valence-electron chi connectivity index (χ3n) is 2.85. The molecule has 0 aliphatic heterocycles. The standard InChI is InChI=1S/C10H17N3O2/c1-10(2)6-7(10)8-12-9(15-13-8)11-4-5-14-3/h7H,4-6H2,1-3H3,(H,11,12,13). The molecule has 0 bridgehead atoms. The summed E-state index contributed by atoms with van der Waals surface area (Å²) in [7, 11) is 1.66. The summed E-state index contributed by atoms with van der Waals surface area (Å²) in [6, 6.07) is 0.491. The number of aromatic nitrogens is 2. The maximum atomic E-state index is 5.08. The summed E-state index contributed by atoms with van der Waals surface area (Å²) in [5, 5.41) is 6.97. The molecule has 0 aromatic carbocycles. The van der Waals surface area contributed by atoms with Gasteiger partial charge in [-0.15, -0.1) is 0 Å². The molecular formula is C10H17N3O2. The molecule has 0 spiro atoms. The smallest absolute Gasteiger partial charge is 0.321 e. The van der Waals surface area contributed by atoms with Gasteiger partial charge in [-0.2, -0.15) is 4.98 Å². The third-order valence-corrected chi connectivity index (χ3v) is 2.85. The predicted molar refractivity (Wildman–Crippen MR) is 55.8 cm³/mol. The second-order valence-electron chi connectivity index (χ2n) is 4.62. The topological polar surface area (TPSA) is 60.2 Å². The number of ether oxygens (including phenoxy) is 1. The molecule has 1 aliphatic carbocycles. The summed E-state index contributed by atoms with van der Waals surface area (Å²) in [6.07, 6.45) is 1.14. The molecule has 5 nitrogen and oxygen atoms in total. The van der Waals surface area contributed by atoms with Crippen molar-refractivity contribution in [3.05, 3.63) is 5.82 Å². The average Bonchev–Trinajstić information content (AvgIpc) is 2.64. The van der Waals surface area contributed by atoms with Gasteiger partial charge in [0.15, 0.2) is 5.82 Å². The molecule has 1 unspecified atom stereocenters. The van der Waals surface area contributed by atoms with Crippen molar-refractivity contribution >= 4 is 6.01 Å². The Morgan fingerprint density at radius 1 is 1.60 bits per heavy atom. The molecule has 0 saturated heterocycles. The summed E-state index contributed by atoms with van der Waals surface area (Å²) in [6.45, 7) is 5.75. The summed E-state index contributed by atoms with van der Waals surface area (Å²) >= 11 is 0. The van der Waals surface area contributed by atoms with E-state index in [4.69, 9.17) is 9.26 Å². The van der Waals surface area contributed by atoms with Gasteiger partial charge >= 0.3 is 6.01 Å². The number of anilines is 1. The van der Waals surface area contributed by atoms with E-state index < -0.39 is 0 Å². The summed E-state index contributed by atoms with van der Waals surface area (Å²) < 4.78 is 9.99. The van der Waals surface area contributed by atoms with Gasteiger partial charge < -0.3 is 14.6 Å². The molecule has 1 aromatic rings. The van der Waals surface area contributed by atoms with Crippen molar-refractivity contribution < 1.29 is 9.26 Å². The lowest BCUT2D eigenvalue weighted by Gasteiger charge is -1.98. The van der Waals surface area contributed by atoms with Crippen LogP contribution in [0.15, 0.2) is 4.52 Å². The first kappa shape index (κ1) is 10.4. The highest BCUT2D eigenvalue weighted by Crippen LogP contribution is 2.57. The molecule has 1 N–H and O–H groups in total. The van der Waals surface area contributed by atoms with Crippen molar-refractivity contribution in [3.8, 4) is 0 Å². The Balaban J connectivity index is 1.88. The number of hydrogen-bond donors (Lipinski definition) is 1. The summed E-state index contributed by atoms with van der Waals surface area (Å²) in [5.74, 6) is 1.28. The molecule has 1 heterocycles. The van der Waals surface area contributed by atoms with Crippen molar-refractivity contribution in [2.75, 3.05) is 25.6 Å². The van der Waals surface area contributed by atoms with Gasteiger partial charge in [0.05, 0.1) is 6.61 Å². The molecule has 1 aliphatic rings. The Morgan fingerprint density at radius 3 is 2.93 bits per heavy atom. The van der Waals surface area contributed by atoms with Crippen LogP contribution in [0.4, 0.5) is 6.01 Å². The quantitative estimate of drug-likeness (QED) is 0.750. The van der Waals surface area contributed by atoms with Crippen LogP contribution in [0.2, 0.25) is 0 Å². The van der Waals surface area contributed by atoms with Gasteiger partial charge in [0.25, 0.3) is 0 Å². The lowest BCUT2D eigenvalue weighted by Crippen LogP contribution is -2.07. The first-order valence-corrected chi connectivity index (χ1v) is 5.20. The Morgan fingerprint density at radius 2 is 2.33 bits per heavy atom. The normalized spacial score (nSPS) is 22.7. The monoisotopic (exact) mass is 211 g/mol. The van der Waals surface area contributed by atoms with Crippen LogP contribution in [-0.4, -0.2) is 30.4 Å². The van der Waals surface area contributed by atoms with Crippen molar-refractivity contribution in [3.63, 3.8) is 0 Å². The molecule has 15 heavy (non-hydrogen) atoms. The van der Waals surface area contributed by atoms with Crippen LogP contribution in [0.25, 0.3) is 0 Å². The van der Waals surface area contributed by atoms with Crippen LogP contribution in [0.3, 0.4) is 0 Å². The average molecular weight is 211 g/mol. The van der Waals surface area contributed by atoms with Crippen molar-refractivity contribution in [2.45, 2.75) is 26.2 Å². The zero-order valence-corrected chi connectivity index (χ0v) is 9.41. The molecule has 1 atom stereocenters. The van der Waals surface area contributed by atoms with E-state index >= 15 is 0 Å². The lowest BCUT2D eigenvalue weighted by atomic mass is 10.1. The minimum absolute atomic E-state index is 0.341. The molecule has 84 valence electrons. The van der Waals surface area contributed by atoms with Gasteiger partial charge in [0.1, 0.15) is 0 Å². The summed E-state index contributed by atoms with van der Waals surface area (Å²) in [4.78, 5) is 4.30. The number of nitrogens with one attached hydrogen (secondary N) is 1. The Bertz CT molecular complexity index is 335. The summed E-state index contributed by atoms with van der Waals surface area (Å²) in [5.41, 5.74) is 0.341. The molecule has 0 radical (unpaired) electrons. The number of methoxy groups -OCH3 is 1. The van der Waals surface area contributed by atoms with Gasteiger partial charge in [-0.1, -0.05) is 19.0 Å². The van der Waals surface area contributed by atoms with Gasteiger partial charge in [-0.25, -0.2) is 0 Å². The third kappa shape index (κ3) is 2.28. The Kier molecular flexibility index (Phi) is 2.65. The van der Waals surface area contributed by atoms with E-state index in [1.165, 1.54) is 0 Å². The van der Waals surface area contributed by atoms with E-state index in [1.54, 1.807) is 7.11 Å². The minimum Gasteiger partial charge on any atom is -0.383 e. The first-order valence-electron chi connectivity index (χ1n) is 5.20. The molecule has 1 fully saturated rings. The second kappa shape index (κ2) is 3.81. The van der Waals surface area contributed by atoms with Crippen LogP contribution >= 0.6 is 0 Å². The van der Waals surface area contributed by atoms with E-state index in [9.17, 15) is 0 Å². The lowest BCUT2D eigenvalue weighted by molar-refractivity contribution is 0.210. The molecule has 1 saturated carbocycles. The van der Waals surface area contributed by atoms with Crippen LogP contribution in [0.5, 0.6) is 0 Å². The van der Waals surface area contributed by atoms with Crippen molar-refractivity contribution in [1.82, 2.24) is 10.1 Å². The van der Waals surface area contributed by atoms with E-state index in [0.717, 1.165) is 12.2 Å². The molecular weight excluding hydrogens is 194 g/mol. The molecule has 0 amide bonds. The van der Waals surface area contributed by atoms with Crippen LogP contribution < -0.4 is 5.32 Å². The van der Waals surface area contributed by atoms with Crippen LogP contribution in [0, 0.1) is 5.41 Å². The van der Waals surface area contributed by atoms with Crippen molar-refractivity contribution in [1.29, 1.82) is 0 Å². The number of hydrogen-bond acceptors (Lipinski definition) is 5. The number of nitrogens with zero attached hydrogens (tertiary/aromatic N) is 2. The second-order valence-corrected chi connectivity index (χ2v) is 4.62. The fourth-order valence-electron chi connectivity index (χ4n) is 1.62.